The molecule has 4 heteroatoms. The fourth-order valence-corrected chi connectivity index (χ4v) is 3.82. The van der Waals surface area contributed by atoms with E-state index in [1.807, 2.05) is 12.1 Å². The van der Waals surface area contributed by atoms with Crippen molar-refractivity contribution in [2.24, 2.45) is 11.1 Å². The zero-order valence-corrected chi connectivity index (χ0v) is 10.7. The van der Waals surface area contributed by atoms with E-state index < -0.39 is 10.8 Å². The SMILES string of the molecule is NCCC1(CS(=O)c2cccc(Cl)c2)CC1. The maximum Gasteiger partial charge on any atom is 0.0535 e. The number of hydrogen-bond acceptors (Lipinski definition) is 2. The molecular weight excluding hydrogens is 242 g/mol. The Hall–Kier alpha value is -0.380. The molecule has 0 aromatic heterocycles. The van der Waals surface area contributed by atoms with Gasteiger partial charge in [0.2, 0.25) is 0 Å². The van der Waals surface area contributed by atoms with Crippen LogP contribution in [0.15, 0.2) is 29.2 Å². The van der Waals surface area contributed by atoms with Gasteiger partial charge in [-0.25, -0.2) is 0 Å². The second-order valence-electron chi connectivity index (χ2n) is 4.49. The number of rotatable bonds is 5. The number of nitrogens with two attached hydrogens (primary N) is 1. The van der Waals surface area contributed by atoms with E-state index in [1.54, 1.807) is 12.1 Å². The molecule has 0 aliphatic heterocycles. The zero-order valence-electron chi connectivity index (χ0n) is 9.12. The van der Waals surface area contributed by atoms with E-state index in [4.69, 9.17) is 17.3 Å². The van der Waals surface area contributed by atoms with Gasteiger partial charge in [-0.15, -0.1) is 0 Å². The van der Waals surface area contributed by atoms with Crippen LogP contribution in [0.1, 0.15) is 19.3 Å². The highest BCUT2D eigenvalue weighted by Gasteiger charge is 2.43. The molecule has 1 atom stereocenters. The summed E-state index contributed by atoms with van der Waals surface area (Å²) >= 11 is 5.88. The first-order valence-corrected chi connectivity index (χ1v) is 7.19. The molecule has 0 amide bonds. The minimum Gasteiger partial charge on any atom is -0.330 e. The molecule has 1 unspecified atom stereocenters. The molecule has 16 heavy (non-hydrogen) atoms. The van der Waals surface area contributed by atoms with E-state index in [2.05, 4.69) is 0 Å². The van der Waals surface area contributed by atoms with E-state index in [0.717, 1.165) is 29.9 Å². The summed E-state index contributed by atoms with van der Waals surface area (Å²) in [6.07, 6.45) is 3.31. The van der Waals surface area contributed by atoms with Gasteiger partial charge in [0.15, 0.2) is 0 Å². The van der Waals surface area contributed by atoms with Crippen molar-refractivity contribution in [3.63, 3.8) is 0 Å². The van der Waals surface area contributed by atoms with Gasteiger partial charge in [0.05, 0.1) is 10.8 Å². The van der Waals surface area contributed by atoms with E-state index in [9.17, 15) is 4.21 Å². The molecule has 0 spiro atoms. The van der Waals surface area contributed by atoms with Gasteiger partial charge < -0.3 is 5.73 Å². The molecule has 2 nitrogen and oxygen atoms in total. The summed E-state index contributed by atoms with van der Waals surface area (Å²) in [6, 6.07) is 7.31. The van der Waals surface area contributed by atoms with Crippen molar-refractivity contribution < 1.29 is 4.21 Å². The predicted octanol–water partition coefficient (Wildman–Crippen LogP) is 2.58. The number of hydrogen-bond donors (Lipinski definition) is 1. The Kier molecular flexibility index (Phi) is 3.67. The van der Waals surface area contributed by atoms with E-state index in [0.29, 0.717) is 11.6 Å². The molecule has 2 rings (SSSR count). The molecular formula is C12H16ClNOS. The summed E-state index contributed by atoms with van der Waals surface area (Å²) in [5.74, 6) is 0.727. The largest absolute Gasteiger partial charge is 0.330 e. The van der Waals surface area contributed by atoms with Gasteiger partial charge in [0, 0.05) is 15.7 Å². The normalized spacial score (nSPS) is 19.4. The average Bonchev–Trinajstić information content (AvgIpc) is 2.98. The molecule has 1 aliphatic carbocycles. The van der Waals surface area contributed by atoms with Crippen LogP contribution in [0.2, 0.25) is 5.02 Å². The Labute approximate surface area is 104 Å². The Bertz CT molecular complexity index is 404. The average molecular weight is 258 g/mol. The topological polar surface area (TPSA) is 43.1 Å². The lowest BCUT2D eigenvalue weighted by atomic mass is 10.1. The summed E-state index contributed by atoms with van der Waals surface area (Å²) in [5, 5.41) is 0.648. The van der Waals surface area contributed by atoms with Crippen molar-refractivity contribution in [3.8, 4) is 0 Å². The molecule has 1 aromatic rings. The Balaban J connectivity index is 2.03. The fourth-order valence-electron chi connectivity index (χ4n) is 1.92. The lowest BCUT2D eigenvalue weighted by Gasteiger charge is -2.13. The maximum absolute atomic E-state index is 12.1. The summed E-state index contributed by atoms with van der Waals surface area (Å²) in [7, 11) is -0.942. The van der Waals surface area contributed by atoms with Gasteiger partial charge in [-0.1, -0.05) is 17.7 Å². The van der Waals surface area contributed by atoms with Crippen LogP contribution in [0.5, 0.6) is 0 Å². The lowest BCUT2D eigenvalue weighted by Crippen LogP contribution is -2.16. The number of benzene rings is 1. The molecule has 0 saturated heterocycles. The van der Waals surface area contributed by atoms with Gasteiger partial charge in [-0.3, -0.25) is 4.21 Å². The highest BCUT2D eigenvalue weighted by atomic mass is 35.5. The van der Waals surface area contributed by atoms with Crippen LogP contribution in [0.3, 0.4) is 0 Å². The van der Waals surface area contributed by atoms with Crippen molar-refractivity contribution in [2.45, 2.75) is 24.2 Å². The zero-order chi connectivity index (χ0) is 11.6. The van der Waals surface area contributed by atoms with E-state index in [1.165, 1.54) is 0 Å². The highest BCUT2D eigenvalue weighted by molar-refractivity contribution is 7.85. The summed E-state index contributed by atoms with van der Waals surface area (Å²) in [4.78, 5) is 0.829. The molecule has 1 fully saturated rings. The maximum atomic E-state index is 12.1. The minimum atomic E-state index is -0.942. The molecule has 0 radical (unpaired) electrons. The first-order valence-electron chi connectivity index (χ1n) is 5.49. The number of halogens is 1. The quantitative estimate of drug-likeness (QED) is 0.881. The van der Waals surface area contributed by atoms with Gasteiger partial charge >= 0.3 is 0 Å². The Morgan fingerprint density at radius 2 is 2.19 bits per heavy atom. The van der Waals surface area contributed by atoms with E-state index >= 15 is 0 Å². The van der Waals surface area contributed by atoms with Crippen molar-refractivity contribution in [2.75, 3.05) is 12.3 Å². The fraction of sp³-hybridized carbons (Fsp3) is 0.500. The molecule has 1 saturated carbocycles. The Morgan fingerprint density at radius 1 is 1.44 bits per heavy atom. The van der Waals surface area contributed by atoms with Gasteiger partial charge in [0.1, 0.15) is 0 Å². The molecule has 88 valence electrons. The highest BCUT2D eigenvalue weighted by Crippen LogP contribution is 2.49. The first kappa shape index (κ1) is 12.1. The smallest absolute Gasteiger partial charge is 0.0535 e. The van der Waals surface area contributed by atoms with Crippen molar-refractivity contribution in [1.29, 1.82) is 0 Å². The molecule has 1 aliphatic rings. The molecule has 1 aromatic carbocycles. The van der Waals surface area contributed by atoms with Crippen molar-refractivity contribution in [3.05, 3.63) is 29.3 Å². The van der Waals surface area contributed by atoms with Gasteiger partial charge in [-0.2, -0.15) is 0 Å². The van der Waals surface area contributed by atoms with Crippen LogP contribution < -0.4 is 5.73 Å². The van der Waals surface area contributed by atoms with Crippen molar-refractivity contribution in [1.82, 2.24) is 0 Å². The van der Waals surface area contributed by atoms with Crippen LogP contribution in [0, 0.1) is 5.41 Å². The van der Waals surface area contributed by atoms with E-state index in [-0.39, 0.29) is 5.41 Å². The molecule has 0 heterocycles. The van der Waals surface area contributed by atoms with Crippen LogP contribution in [-0.2, 0) is 10.8 Å². The summed E-state index contributed by atoms with van der Waals surface area (Å²) in [6.45, 7) is 0.687. The summed E-state index contributed by atoms with van der Waals surface area (Å²) in [5.41, 5.74) is 5.83. The van der Waals surface area contributed by atoms with Crippen LogP contribution in [0.25, 0.3) is 0 Å². The predicted molar refractivity (Wildman–Crippen MR) is 68.1 cm³/mol. The van der Waals surface area contributed by atoms with Crippen LogP contribution in [-0.4, -0.2) is 16.5 Å². The minimum absolute atomic E-state index is 0.252. The third-order valence-electron chi connectivity index (χ3n) is 3.13. The second-order valence-corrected chi connectivity index (χ2v) is 6.37. The first-order chi connectivity index (χ1) is 7.65. The van der Waals surface area contributed by atoms with Crippen LogP contribution in [0.4, 0.5) is 0 Å². The standard InChI is InChI=1S/C12H16ClNOS/c13-10-2-1-3-11(8-10)16(15)9-12(4-5-12)6-7-14/h1-3,8H,4-7,9,14H2. The lowest BCUT2D eigenvalue weighted by molar-refractivity contribution is 0.529. The molecule has 0 bridgehead atoms. The van der Waals surface area contributed by atoms with Crippen LogP contribution >= 0.6 is 11.6 Å². The monoisotopic (exact) mass is 257 g/mol. The molecule has 2 N–H and O–H groups in total. The van der Waals surface area contributed by atoms with Gasteiger partial charge in [0.25, 0.3) is 0 Å². The second kappa shape index (κ2) is 4.86. The Morgan fingerprint density at radius 3 is 2.75 bits per heavy atom. The van der Waals surface area contributed by atoms with Gasteiger partial charge in [-0.05, 0) is 49.4 Å². The third kappa shape index (κ3) is 2.84. The third-order valence-corrected chi connectivity index (χ3v) is 5.02. The van der Waals surface area contributed by atoms with Crippen molar-refractivity contribution >= 4 is 22.4 Å². The summed E-state index contributed by atoms with van der Waals surface area (Å²) < 4.78 is 12.1.